The van der Waals surface area contributed by atoms with Crippen LogP contribution in [0, 0.1) is 11.7 Å². The van der Waals surface area contributed by atoms with Crippen molar-refractivity contribution in [3.63, 3.8) is 0 Å². The number of likely N-dealkylation sites (tertiary alicyclic amines) is 1. The molecular formula is C16H23FN2O2. The van der Waals surface area contributed by atoms with Crippen molar-refractivity contribution in [2.45, 2.75) is 32.7 Å². The highest BCUT2D eigenvalue weighted by Crippen LogP contribution is 2.23. The van der Waals surface area contributed by atoms with Gasteiger partial charge in [0.1, 0.15) is 11.6 Å². The van der Waals surface area contributed by atoms with Gasteiger partial charge in [-0.05, 0) is 37.4 Å². The molecule has 2 rings (SSSR count). The van der Waals surface area contributed by atoms with Crippen LogP contribution in [0.15, 0.2) is 18.2 Å². The molecule has 0 radical (unpaired) electrons. The molecule has 1 amide bonds. The fourth-order valence-corrected chi connectivity index (χ4v) is 2.67. The molecule has 1 aromatic carbocycles. The molecule has 4 nitrogen and oxygen atoms in total. The Bertz CT molecular complexity index is 505. The number of carbonyl (C=O) groups excluding carboxylic acids is 1. The van der Waals surface area contributed by atoms with E-state index in [4.69, 9.17) is 0 Å². The van der Waals surface area contributed by atoms with Crippen molar-refractivity contribution in [1.82, 2.24) is 10.2 Å². The summed E-state index contributed by atoms with van der Waals surface area (Å²) in [5.41, 5.74) is 0.175. The molecule has 1 aliphatic rings. The third-order valence-corrected chi connectivity index (χ3v) is 3.81. The molecule has 0 bridgehead atoms. The Kier molecular flexibility index (Phi) is 5.17. The average Bonchev–Trinajstić information content (AvgIpc) is 2.45. The van der Waals surface area contributed by atoms with Crippen molar-refractivity contribution in [2.24, 2.45) is 5.92 Å². The zero-order chi connectivity index (χ0) is 15.4. The Morgan fingerprint density at radius 2 is 2.29 bits per heavy atom. The fraction of sp³-hybridized carbons (Fsp3) is 0.562. The number of nitrogens with zero attached hydrogens (tertiary/aromatic N) is 1. The van der Waals surface area contributed by atoms with Gasteiger partial charge in [0.05, 0.1) is 5.56 Å². The standard InChI is InChI=1S/C16H23FN2O2/c1-11(2)18-9-12-4-3-7-19(10-12)16(21)14-6-5-13(17)8-15(14)20/h5-6,8,11-12,18,20H,3-4,7,9-10H2,1-2H3. The number of phenols is 1. The summed E-state index contributed by atoms with van der Waals surface area (Å²) in [6.45, 7) is 6.45. The van der Waals surface area contributed by atoms with E-state index in [1.165, 1.54) is 12.1 Å². The van der Waals surface area contributed by atoms with Crippen LogP contribution in [0.4, 0.5) is 4.39 Å². The molecule has 1 aliphatic heterocycles. The fourth-order valence-electron chi connectivity index (χ4n) is 2.67. The van der Waals surface area contributed by atoms with Gasteiger partial charge in [-0.3, -0.25) is 4.79 Å². The lowest BCUT2D eigenvalue weighted by atomic mass is 9.97. The highest BCUT2D eigenvalue weighted by Gasteiger charge is 2.26. The zero-order valence-corrected chi connectivity index (χ0v) is 12.6. The number of hydrogen-bond acceptors (Lipinski definition) is 3. The summed E-state index contributed by atoms with van der Waals surface area (Å²) in [6, 6.07) is 3.96. The summed E-state index contributed by atoms with van der Waals surface area (Å²) < 4.78 is 13.0. The number of halogens is 1. The van der Waals surface area contributed by atoms with Gasteiger partial charge >= 0.3 is 0 Å². The highest BCUT2D eigenvalue weighted by atomic mass is 19.1. The number of benzene rings is 1. The van der Waals surface area contributed by atoms with E-state index in [9.17, 15) is 14.3 Å². The molecule has 1 aromatic rings. The minimum Gasteiger partial charge on any atom is -0.507 e. The van der Waals surface area contributed by atoms with Crippen LogP contribution in [0.2, 0.25) is 0 Å². The molecular weight excluding hydrogens is 271 g/mol. The minimum absolute atomic E-state index is 0.175. The lowest BCUT2D eigenvalue weighted by Gasteiger charge is -2.33. The molecule has 1 fully saturated rings. The van der Waals surface area contributed by atoms with Crippen molar-refractivity contribution < 1.29 is 14.3 Å². The van der Waals surface area contributed by atoms with Gasteiger partial charge in [0.25, 0.3) is 5.91 Å². The Labute approximate surface area is 125 Å². The number of phenolic OH excluding ortho intramolecular Hbond substituents is 1. The highest BCUT2D eigenvalue weighted by molar-refractivity contribution is 5.96. The summed E-state index contributed by atoms with van der Waals surface area (Å²) in [5.74, 6) is -0.626. The van der Waals surface area contributed by atoms with Crippen LogP contribution in [-0.2, 0) is 0 Å². The zero-order valence-electron chi connectivity index (χ0n) is 12.6. The monoisotopic (exact) mass is 294 g/mol. The maximum Gasteiger partial charge on any atom is 0.257 e. The van der Waals surface area contributed by atoms with Crippen LogP contribution in [0.1, 0.15) is 37.0 Å². The number of nitrogens with one attached hydrogen (secondary N) is 1. The maximum absolute atomic E-state index is 13.0. The summed E-state index contributed by atoms with van der Waals surface area (Å²) in [7, 11) is 0. The van der Waals surface area contributed by atoms with Crippen LogP contribution in [0.25, 0.3) is 0 Å². The number of aromatic hydroxyl groups is 1. The predicted octanol–water partition coefficient (Wildman–Crippen LogP) is 2.38. The first-order valence-corrected chi connectivity index (χ1v) is 7.48. The lowest BCUT2D eigenvalue weighted by molar-refractivity contribution is 0.0669. The first-order chi connectivity index (χ1) is 9.97. The average molecular weight is 294 g/mol. The summed E-state index contributed by atoms with van der Waals surface area (Å²) in [5, 5.41) is 13.1. The second-order valence-corrected chi connectivity index (χ2v) is 5.98. The Morgan fingerprint density at radius 1 is 1.52 bits per heavy atom. The largest absolute Gasteiger partial charge is 0.507 e. The van der Waals surface area contributed by atoms with Gasteiger partial charge in [0.15, 0.2) is 0 Å². The SMILES string of the molecule is CC(C)NCC1CCCN(C(=O)c2ccc(F)cc2O)C1. The molecule has 0 saturated carbocycles. The van der Waals surface area contributed by atoms with Gasteiger partial charge in [-0.25, -0.2) is 4.39 Å². The first-order valence-electron chi connectivity index (χ1n) is 7.48. The molecule has 0 aromatic heterocycles. The van der Waals surface area contributed by atoms with Crippen molar-refractivity contribution in [1.29, 1.82) is 0 Å². The third-order valence-electron chi connectivity index (χ3n) is 3.81. The summed E-state index contributed by atoms with van der Waals surface area (Å²) >= 11 is 0. The number of rotatable bonds is 4. The maximum atomic E-state index is 13.0. The summed E-state index contributed by atoms with van der Waals surface area (Å²) in [6.07, 6.45) is 2.05. The Balaban J connectivity index is 2.01. The van der Waals surface area contributed by atoms with E-state index in [0.717, 1.165) is 25.5 Å². The lowest BCUT2D eigenvalue weighted by Crippen LogP contribution is -2.43. The molecule has 116 valence electrons. The number of carbonyl (C=O) groups is 1. The summed E-state index contributed by atoms with van der Waals surface area (Å²) in [4.78, 5) is 14.2. The first kappa shape index (κ1) is 15.8. The molecule has 1 heterocycles. The second kappa shape index (κ2) is 6.89. The van der Waals surface area contributed by atoms with E-state index in [1.54, 1.807) is 4.90 Å². The van der Waals surface area contributed by atoms with Gasteiger partial charge in [0.2, 0.25) is 0 Å². The van der Waals surface area contributed by atoms with Crippen molar-refractivity contribution in [3.8, 4) is 5.75 Å². The molecule has 21 heavy (non-hydrogen) atoms. The minimum atomic E-state index is -0.540. The van der Waals surface area contributed by atoms with E-state index in [2.05, 4.69) is 19.2 Å². The molecule has 5 heteroatoms. The second-order valence-electron chi connectivity index (χ2n) is 5.98. The number of piperidine rings is 1. The third kappa shape index (κ3) is 4.17. The van der Waals surface area contributed by atoms with E-state index in [0.29, 0.717) is 25.0 Å². The molecule has 1 unspecified atom stereocenters. The van der Waals surface area contributed by atoms with Crippen LogP contribution < -0.4 is 5.32 Å². The predicted molar refractivity (Wildman–Crippen MR) is 79.8 cm³/mol. The van der Waals surface area contributed by atoms with Crippen LogP contribution >= 0.6 is 0 Å². The normalized spacial score (nSPS) is 19.0. The van der Waals surface area contributed by atoms with E-state index in [1.807, 2.05) is 0 Å². The van der Waals surface area contributed by atoms with Crippen molar-refractivity contribution in [3.05, 3.63) is 29.6 Å². The van der Waals surface area contributed by atoms with Crippen LogP contribution in [-0.4, -0.2) is 41.6 Å². The van der Waals surface area contributed by atoms with Crippen molar-refractivity contribution in [2.75, 3.05) is 19.6 Å². The van der Waals surface area contributed by atoms with Gasteiger partial charge in [0, 0.05) is 25.2 Å². The number of amides is 1. The van der Waals surface area contributed by atoms with E-state index < -0.39 is 5.82 Å². The Morgan fingerprint density at radius 3 is 2.95 bits per heavy atom. The van der Waals surface area contributed by atoms with Crippen molar-refractivity contribution >= 4 is 5.91 Å². The van der Waals surface area contributed by atoms with Crippen LogP contribution in [0.3, 0.4) is 0 Å². The van der Waals surface area contributed by atoms with Gasteiger partial charge < -0.3 is 15.3 Å². The Hall–Kier alpha value is -1.62. The van der Waals surface area contributed by atoms with Gasteiger partial charge in [-0.2, -0.15) is 0 Å². The van der Waals surface area contributed by atoms with Gasteiger partial charge in [-0.15, -0.1) is 0 Å². The van der Waals surface area contributed by atoms with Crippen LogP contribution in [0.5, 0.6) is 5.75 Å². The molecule has 2 N–H and O–H groups in total. The van der Waals surface area contributed by atoms with Gasteiger partial charge in [-0.1, -0.05) is 13.8 Å². The quantitative estimate of drug-likeness (QED) is 0.896. The molecule has 0 aliphatic carbocycles. The smallest absolute Gasteiger partial charge is 0.257 e. The number of hydrogen-bond donors (Lipinski definition) is 2. The van der Waals surface area contributed by atoms with E-state index >= 15 is 0 Å². The molecule has 1 saturated heterocycles. The molecule has 0 spiro atoms. The topological polar surface area (TPSA) is 52.6 Å². The van der Waals surface area contributed by atoms with E-state index in [-0.39, 0.29) is 17.2 Å². The molecule has 1 atom stereocenters.